The summed E-state index contributed by atoms with van der Waals surface area (Å²) in [4.78, 5) is 24.7. The zero-order valence-corrected chi connectivity index (χ0v) is 18.9. The summed E-state index contributed by atoms with van der Waals surface area (Å²) in [6.07, 6.45) is 0.912. The van der Waals surface area contributed by atoms with E-state index in [1.54, 1.807) is 13.8 Å². The van der Waals surface area contributed by atoms with Crippen molar-refractivity contribution in [3.8, 4) is 17.2 Å². The minimum absolute atomic E-state index is 0.0115. The highest BCUT2D eigenvalue weighted by molar-refractivity contribution is 6.32. The Morgan fingerprint density at radius 2 is 1.91 bits per heavy atom. The van der Waals surface area contributed by atoms with Crippen molar-refractivity contribution < 1.29 is 34.3 Å². The van der Waals surface area contributed by atoms with Crippen molar-refractivity contribution in [1.29, 1.82) is 0 Å². The van der Waals surface area contributed by atoms with Crippen LogP contribution in [-0.2, 0) is 6.42 Å². The van der Waals surface area contributed by atoms with Crippen molar-refractivity contribution in [3.63, 3.8) is 0 Å². The maximum atomic E-state index is 14.6. The van der Waals surface area contributed by atoms with Crippen LogP contribution >= 0.6 is 11.6 Å². The van der Waals surface area contributed by atoms with Crippen LogP contribution in [0, 0.1) is 11.7 Å². The number of carboxylic acid groups (broad SMARTS) is 1. The highest BCUT2D eigenvalue weighted by atomic mass is 35.5. The molecule has 1 aromatic heterocycles. The fourth-order valence-electron chi connectivity index (χ4n) is 3.85. The van der Waals surface area contributed by atoms with Crippen LogP contribution in [-0.4, -0.2) is 44.7 Å². The number of aromatic hydroxyl groups is 2. The zero-order valence-electron chi connectivity index (χ0n) is 18.1. The molecule has 0 fully saturated rings. The molecule has 10 heteroatoms. The van der Waals surface area contributed by atoms with Crippen LogP contribution in [0.2, 0.25) is 5.02 Å². The summed E-state index contributed by atoms with van der Waals surface area (Å²) in [5.74, 6) is -3.48. The van der Waals surface area contributed by atoms with E-state index < -0.39 is 45.3 Å². The normalized spacial score (nSPS) is 12.3. The minimum atomic E-state index is -1.47. The molecular weight excluding hydrogens is 457 g/mol. The fraction of sp³-hybridized carbons (Fsp3) is 0.304. The van der Waals surface area contributed by atoms with Gasteiger partial charge in [0.1, 0.15) is 22.2 Å². The van der Waals surface area contributed by atoms with E-state index in [2.05, 4.69) is 0 Å². The Labute approximate surface area is 193 Å². The van der Waals surface area contributed by atoms with Gasteiger partial charge in [-0.05, 0) is 23.6 Å². The van der Waals surface area contributed by atoms with Gasteiger partial charge in [0.05, 0.1) is 30.7 Å². The number of halogens is 2. The van der Waals surface area contributed by atoms with Gasteiger partial charge in [0.15, 0.2) is 11.5 Å². The van der Waals surface area contributed by atoms with Gasteiger partial charge in [-0.25, -0.2) is 9.18 Å². The molecule has 2 aromatic carbocycles. The van der Waals surface area contributed by atoms with Crippen LogP contribution in [0.5, 0.6) is 17.2 Å². The number of aliphatic hydroxyl groups excluding tert-OH is 1. The Morgan fingerprint density at radius 3 is 2.45 bits per heavy atom. The molecule has 8 nitrogen and oxygen atoms in total. The standard InChI is InChI=1S/C23H23ClFNO7/c1-10(2)15(9-27)26-8-14(23(31)32)20(29)13-7-12(22(33-3)21(30)19(13)26)6-11-4-5-16(28)17(24)18(11)25/h4-5,7-8,10,15,27-28,30H,6,9H2,1-3H3,(H,31,32)/t15-/m1/s1. The molecule has 0 saturated heterocycles. The van der Waals surface area contributed by atoms with Crippen LogP contribution in [0.1, 0.15) is 41.4 Å². The van der Waals surface area contributed by atoms with E-state index >= 15 is 0 Å². The first-order valence-corrected chi connectivity index (χ1v) is 10.4. The summed E-state index contributed by atoms with van der Waals surface area (Å²) in [5.41, 5.74) is -1.16. The number of phenols is 2. The molecule has 0 bridgehead atoms. The summed E-state index contributed by atoms with van der Waals surface area (Å²) < 4.78 is 21.3. The van der Waals surface area contributed by atoms with Gasteiger partial charge in [0.2, 0.25) is 5.43 Å². The number of methoxy groups -OCH3 is 1. The van der Waals surface area contributed by atoms with E-state index in [1.165, 1.54) is 29.9 Å². The molecule has 0 amide bonds. The molecular formula is C23H23ClFNO7. The molecule has 3 aromatic rings. The number of aromatic nitrogens is 1. The van der Waals surface area contributed by atoms with Crippen molar-refractivity contribution in [2.75, 3.05) is 13.7 Å². The van der Waals surface area contributed by atoms with Crippen molar-refractivity contribution >= 4 is 28.5 Å². The lowest BCUT2D eigenvalue weighted by atomic mass is 9.97. The first kappa shape index (κ1) is 24.3. The number of fused-ring (bicyclic) bond motifs is 1. The number of carbonyl (C=O) groups is 1. The molecule has 0 spiro atoms. The van der Waals surface area contributed by atoms with E-state index in [0.29, 0.717) is 0 Å². The number of pyridine rings is 1. The number of aromatic carboxylic acids is 1. The molecule has 1 heterocycles. The second-order valence-corrected chi connectivity index (χ2v) is 8.32. The zero-order chi connectivity index (χ0) is 24.6. The van der Waals surface area contributed by atoms with E-state index in [1.807, 2.05) is 0 Å². The number of hydrogen-bond donors (Lipinski definition) is 4. The number of ether oxygens (including phenoxy) is 1. The third kappa shape index (κ3) is 4.21. The van der Waals surface area contributed by atoms with E-state index in [4.69, 9.17) is 16.3 Å². The topological polar surface area (TPSA) is 129 Å². The number of benzene rings is 2. The lowest BCUT2D eigenvalue weighted by Crippen LogP contribution is -2.25. The Hall–Kier alpha value is -3.30. The summed E-state index contributed by atoms with van der Waals surface area (Å²) >= 11 is 5.78. The predicted octanol–water partition coefficient (Wildman–Crippen LogP) is 3.69. The van der Waals surface area contributed by atoms with Gasteiger partial charge in [-0.15, -0.1) is 0 Å². The van der Waals surface area contributed by atoms with Crippen LogP contribution in [0.15, 0.2) is 29.2 Å². The molecule has 0 aliphatic heterocycles. The van der Waals surface area contributed by atoms with Gasteiger partial charge in [-0.2, -0.15) is 0 Å². The molecule has 3 rings (SSSR count). The van der Waals surface area contributed by atoms with Gasteiger partial charge >= 0.3 is 5.97 Å². The maximum Gasteiger partial charge on any atom is 0.341 e. The van der Waals surface area contributed by atoms with Gasteiger partial charge in [0, 0.05) is 18.2 Å². The summed E-state index contributed by atoms with van der Waals surface area (Å²) in [5, 5.41) is 39.5. The second-order valence-electron chi connectivity index (χ2n) is 7.94. The summed E-state index contributed by atoms with van der Waals surface area (Å²) in [6, 6.07) is 3.18. The van der Waals surface area contributed by atoms with Crippen LogP contribution in [0.3, 0.4) is 0 Å². The van der Waals surface area contributed by atoms with Crippen molar-refractivity contribution in [2.45, 2.75) is 26.3 Å². The number of phenolic OH excluding ortho intramolecular Hbond substituents is 2. The Morgan fingerprint density at radius 1 is 1.24 bits per heavy atom. The number of carboxylic acids is 1. The molecule has 176 valence electrons. The van der Waals surface area contributed by atoms with Crippen LogP contribution in [0.4, 0.5) is 4.39 Å². The number of hydrogen-bond acceptors (Lipinski definition) is 6. The summed E-state index contributed by atoms with van der Waals surface area (Å²) in [7, 11) is 1.28. The van der Waals surface area contributed by atoms with Crippen molar-refractivity contribution in [3.05, 3.63) is 62.1 Å². The third-order valence-corrected chi connectivity index (χ3v) is 5.95. The lowest BCUT2D eigenvalue weighted by Gasteiger charge is -2.26. The monoisotopic (exact) mass is 479 g/mol. The third-order valence-electron chi connectivity index (χ3n) is 5.59. The number of rotatable bonds is 7. The Bertz CT molecular complexity index is 1300. The molecule has 0 unspecified atom stereocenters. The molecule has 1 atom stereocenters. The SMILES string of the molecule is COc1c(Cc2ccc(O)c(Cl)c2F)cc2c(=O)c(C(=O)O)cn([C@H](CO)C(C)C)c2c1O. The van der Waals surface area contributed by atoms with Gasteiger partial charge in [-0.3, -0.25) is 4.79 Å². The average molecular weight is 480 g/mol. The maximum absolute atomic E-state index is 14.6. The van der Waals surface area contributed by atoms with E-state index in [0.717, 1.165) is 6.20 Å². The van der Waals surface area contributed by atoms with E-state index in [9.17, 15) is 34.4 Å². The first-order chi connectivity index (χ1) is 15.5. The molecule has 0 aliphatic rings. The Kier molecular flexibility index (Phi) is 6.85. The predicted molar refractivity (Wildman–Crippen MR) is 120 cm³/mol. The number of nitrogens with zero attached hydrogens (tertiary/aromatic N) is 1. The molecule has 0 saturated carbocycles. The van der Waals surface area contributed by atoms with Crippen LogP contribution in [0.25, 0.3) is 10.9 Å². The number of aliphatic hydroxyl groups is 1. The largest absolute Gasteiger partial charge is 0.506 e. The highest BCUT2D eigenvalue weighted by Gasteiger charge is 2.26. The van der Waals surface area contributed by atoms with Crippen LogP contribution < -0.4 is 10.2 Å². The lowest BCUT2D eigenvalue weighted by molar-refractivity contribution is 0.0693. The summed E-state index contributed by atoms with van der Waals surface area (Å²) in [6.45, 7) is 3.21. The Balaban J connectivity index is 2.39. The quantitative estimate of drug-likeness (QED) is 0.406. The first-order valence-electron chi connectivity index (χ1n) is 10.0. The van der Waals surface area contributed by atoms with Gasteiger partial charge < -0.3 is 29.7 Å². The molecule has 0 radical (unpaired) electrons. The smallest absolute Gasteiger partial charge is 0.341 e. The molecule has 0 aliphatic carbocycles. The van der Waals surface area contributed by atoms with E-state index in [-0.39, 0.29) is 46.7 Å². The average Bonchev–Trinajstić information content (AvgIpc) is 2.75. The minimum Gasteiger partial charge on any atom is -0.506 e. The second kappa shape index (κ2) is 9.29. The fourth-order valence-corrected chi connectivity index (χ4v) is 4.04. The van der Waals surface area contributed by atoms with Crippen molar-refractivity contribution in [2.24, 2.45) is 5.92 Å². The van der Waals surface area contributed by atoms with Gasteiger partial charge in [0.25, 0.3) is 0 Å². The molecule has 33 heavy (non-hydrogen) atoms. The van der Waals surface area contributed by atoms with Crippen molar-refractivity contribution in [1.82, 2.24) is 4.57 Å². The molecule has 4 N–H and O–H groups in total. The van der Waals surface area contributed by atoms with Gasteiger partial charge in [-0.1, -0.05) is 31.5 Å². The highest BCUT2D eigenvalue weighted by Crippen LogP contribution is 2.40.